The van der Waals surface area contributed by atoms with Crippen molar-refractivity contribution in [1.82, 2.24) is 4.58 Å². The predicted molar refractivity (Wildman–Crippen MR) is 35.8 cm³/mol. The predicted octanol–water partition coefficient (Wildman–Crippen LogP) is -2.68. The molecule has 1 aromatic rings. The van der Waals surface area contributed by atoms with E-state index in [1.807, 2.05) is 36.9 Å². The average molecular weight is 160 g/mol. The van der Waals surface area contributed by atoms with Gasteiger partial charge in [0.15, 0.2) is 0 Å². The fourth-order valence-corrected chi connectivity index (χ4v) is 0.586. The molecule has 1 rings (SSSR count). The summed E-state index contributed by atoms with van der Waals surface area (Å²) in [6.45, 7) is 0. The Bertz CT molecular complexity index is 232. The van der Waals surface area contributed by atoms with Crippen LogP contribution < -0.4 is 22.5 Å². The zero-order valence-electron chi connectivity index (χ0n) is 6.04. The first kappa shape index (κ1) is 9.24. The van der Waals surface area contributed by atoms with Crippen molar-refractivity contribution >= 4 is 0 Å². The molecule has 3 heteroatoms. The highest BCUT2D eigenvalue weighted by Crippen LogP contribution is 1.73. The third kappa shape index (κ3) is 2.23. The molecule has 0 aliphatic heterocycles. The van der Waals surface area contributed by atoms with Gasteiger partial charge < -0.3 is 16.8 Å². The SMILES string of the molecule is C[N+](C)=c1cccco1.[Cl-]. The average Bonchev–Trinajstić information content (AvgIpc) is 1.90. The molecule has 0 fully saturated rings. The minimum atomic E-state index is 0. The first-order chi connectivity index (χ1) is 4.30. The summed E-state index contributed by atoms with van der Waals surface area (Å²) >= 11 is 0. The van der Waals surface area contributed by atoms with Crippen LogP contribution in [0.3, 0.4) is 0 Å². The van der Waals surface area contributed by atoms with Gasteiger partial charge in [-0.15, -0.1) is 0 Å². The molecule has 0 saturated carbocycles. The van der Waals surface area contributed by atoms with Crippen LogP contribution in [0.5, 0.6) is 0 Å². The Morgan fingerprint density at radius 3 is 2.30 bits per heavy atom. The van der Waals surface area contributed by atoms with E-state index in [-0.39, 0.29) is 12.4 Å². The molecular weight excluding hydrogens is 150 g/mol. The van der Waals surface area contributed by atoms with Gasteiger partial charge >= 0.3 is 5.55 Å². The van der Waals surface area contributed by atoms with E-state index in [1.54, 1.807) is 6.26 Å². The standard InChI is InChI=1S/C7H10NO.ClH/c1-8(2)7-5-3-4-6-9-7;/h3-6H,1-2H3;1H/q+1;/p-1. The smallest absolute Gasteiger partial charge is 0.366 e. The summed E-state index contributed by atoms with van der Waals surface area (Å²) < 4.78 is 7.03. The molecule has 0 atom stereocenters. The van der Waals surface area contributed by atoms with Crippen LogP contribution in [-0.4, -0.2) is 14.1 Å². The van der Waals surface area contributed by atoms with Gasteiger partial charge in [-0.25, -0.2) is 4.58 Å². The van der Waals surface area contributed by atoms with Crippen molar-refractivity contribution in [2.75, 3.05) is 14.1 Å². The van der Waals surface area contributed by atoms with Gasteiger partial charge in [0.2, 0.25) is 0 Å². The first-order valence-corrected chi connectivity index (χ1v) is 2.85. The van der Waals surface area contributed by atoms with Crippen molar-refractivity contribution in [2.24, 2.45) is 0 Å². The van der Waals surface area contributed by atoms with E-state index in [4.69, 9.17) is 4.42 Å². The summed E-state index contributed by atoms with van der Waals surface area (Å²) in [6, 6.07) is 5.71. The molecule has 0 aliphatic rings. The van der Waals surface area contributed by atoms with Crippen molar-refractivity contribution in [3.8, 4) is 0 Å². The van der Waals surface area contributed by atoms with E-state index in [0.29, 0.717) is 0 Å². The van der Waals surface area contributed by atoms with Crippen molar-refractivity contribution in [3.63, 3.8) is 0 Å². The number of rotatable bonds is 0. The Morgan fingerprint density at radius 1 is 1.30 bits per heavy atom. The van der Waals surface area contributed by atoms with Gasteiger partial charge in [0.05, 0.1) is 12.3 Å². The summed E-state index contributed by atoms with van der Waals surface area (Å²) in [4.78, 5) is 0. The second-order valence-electron chi connectivity index (χ2n) is 2.04. The molecular formula is C7H10ClNO. The molecule has 1 aromatic heterocycles. The van der Waals surface area contributed by atoms with Gasteiger partial charge in [-0.3, -0.25) is 0 Å². The second-order valence-corrected chi connectivity index (χ2v) is 2.04. The number of nitrogens with zero attached hydrogens (tertiary/aromatic N) is 1. The van der Waals surface area contributed by atoms with Gasteiger partial charge in [0, 0.05) is 0 Å². The number of hydrogen-bond donors (Lipinski definition) is 0. The summed E-state index contributed by atoms with van der Waals surface area (Å²) in [6.07, 6.45) is 1.66. The fourth-order valence-electron chi connectivity index (χ4n) is 0.586. The molecule has 0 spiro atoms. The molecule has 56 valence electrons. The van der Waals surface area contributed by atoms with E-state index >= 15 is 0 Å². The van der Waals surface area contributed by atoms with Crippen LogP contribution in [0.1, 0.15) is 0 Å². The maximum absolute atomic E-state index is 5.11. The van der Waals surface area contributed by atoms with Gasteiger partial charge in [-0.05, 0) is 12.1 Å². The van der Waals surface area contributed by atoms with Crippen LogP contribution in [0.2, 0.25) is 0 Å². The van der Waals surface area contributed by atoms with E-state index in [1.165, 1.54) is 0 Å². The molecule has 0 saturated heterocycles. The van der Waals surface area contributed by atoms with E-state index in [9.17, 15) is 0 Å². The highest BCUT2D eigenvalue weighted by atomic mass is 35.5. The Hall–Kier alpha value is -0.760. The molecule has 0 aliphatic carbocycles. The van der Waals surface area contributed by atoms with Crippen molar-refractivity contribution < 1.29 is 16.8 Å². The summed E-state index contributed by atoms with van der Waals surface area (Å²) in [5.41, 5.74) is 0.873. The Kier molecular flexibility index (Phi) is 3.81. The quantitative estimate of drug-likeness (QED) is 0.377. The Balaban J connectivity index is 0.000000810. The molecule has 0 aromatic carbocycles. The van der Waals surface area contributed by atoms with Gasteiger partial charge in [0.1, 0.15) is 14.1 Å². The van der Waals surface area contributed by atoms with Gasteiger partial charge in [-0.1, -0.05) is 0 Å². The third-order valence-corrected chi connectivity index (χ3v) is 1.06. The van der Waals surface area contributed by atoms with Crippen LogP contribution in [-0.2, 0) is 0 Å². The second kappa shape index (κ2) is 4.12. The minimum Gasteiger partial charge on any atom is -1.00 e. The van der Waals surface area contributed by atoms with Crippen molar-refractivity contribution in [3.05, 3.63) is 30.0 Å². The Morgan fingerprint density at radius 2 is 2.00 bits per heavy atom. The lowest BCUT2D eigenvalue weighted by Gasteiger charge is -1.82. The number of halogens is 1. The monoisotopic (exact) mass is 159 g/mol. The molecule has 0 N–H and O–H groups in total. The van der Waals surface area contributed by atoms with E-state index in [2.05, 4.69) is 0 Å². The number of hydrogen-bond acceptors (Lipinski definition) is 1. The zero-order valence-corrected chi connectivity index (χ0v) is 6.80. The van der Waals surface area contributed by atoms with Gasteiger partial charge in [0.25, 0.3) is 0 Å². The lowest BCUT2D eigenvalue weighted by molar-refractivity contribution is -0.00000239. The largest absolute Gasteiger partial charge is 1.00 e. The van der Waals surface area contributed by atoms with Crippen LogP contribution in [0, 0.1) is 0 Å². The molecule has 0 radical (unpaired) electrons. The Labute approximate surface area is 66.2 Å². The summed E-state index contributed by atoms with van der Waals surface area (Å²) in [5, 5.41) is 0. The first-order valence-electron chi connectivity index (χ1n) is 2.85. The molecule has 0 amide bonds. The van der Waals surface area contributed by atoms with Crippen molar-refractivity contribution in [2.45, 2.75) is 0 Å². The molecule has 0 unspecified atom stereocenters. The zero-order chi connectivity index (χ0) is 6.69. The topological polar surface area (TPSA) is 16.1 Å². The van der Waals surface area contributed by atoms with E-state index in [0.717, 1.165) is 5.55 Å². The molecule has 1 heterocycles. The molecule has 0 bridgehead atoms. The van der Waals surface area contributed by atoms with Crippen LogP contribution in [0.4, 0.5) is 0 Å². The highest BCUT2D eigenvalue weighted by molar-refractivity contribution is 4.85. The molecule has 2 nitrogen and oxygen atoms in total. The maximum Gasteiger partial charge on any atom is 0.366 e. The summed E-state index contributed by atoms with van der Waals surface area (Å²) in [7, 11) is 3.89. The van der Waals surface area contributed by atoms with Gasteiger partial charge in [-0.2, -0.15) is 0 Å². The van der Waals surface area contributed by atoms with Crippen LogP contribution in [0.25, 0.3) is 0 Å². The fraction of sp³-hybridized carbons (Fsp3) is 0.286. The highest BCUT2D eigenvalue weighted by Gasteiger charge is 1.86. The van der Waals surface area contributed by atoms with Crippen LogP contribution in [0.15, 0.2) is 28.9 Å². The van der Waals surface area contributed by atoms with Crippen LogP contribution >= 0.6 is 0 Å². The van der Waals surface area contributed by atoms with Crippen molar-refractivity contribution in [1.29, 1.82) is 0 Å². The lowest BCUT2D eigenvalue weighted by atomic mass is 10.5. The summed E-state index contributed by atoms with van der Waals surface area (Å²) in [5.74, 6) is 0. The molecule has 10 heavy (non-hydrogen) atoms. The maximum atomic E-state index is 5.11. The normalized spacial score (nSPS) is 8.20. The lowest BCUT2D eigenvalue weighted by Crippen LogP contribution is -3.00. The van der Waals surface area contributed by atoms with E-state index < -0.39 is 0 Å². The third-order valence-electron chi connectivity index (χ3n) is 1.06. The minimum absolute atomic E-state index is 0.